The van der Waals surface area contributed by atoms with E-state index in [2.05, 4.69) is 21.3 Å². The van der Waals surface area contributed by atoms with E-state index >= 15 is 4.39 Å². The number of nitriles is 1. The molecule has 1 N–H and O–H groups in total. The van der Waals surface area contributed by atoms with Crippen molar-refractivity contribution in [1.29, 1.82) is 5.26 Å². The third-order valence-electron chi connectivity index (χ3n) is 6.44. The fourth-order valence-corrected chi connectivity index (χ4v) is 4.93. The van der Waals surface area contributed by atoms with Crippen molar-refractivity contribution < 1.29 is 27.9 Å². The summed E-state index contributed by atoms with van der Waals surface area (Å²) in [6.45, 7) is -3.00. The number of nitrogens with zero attached hydrogens (tertiary/aromatic N) is 7. The summed E-state index contributed by atoms with van der Waals surface area (Å²) >= 11 is 6.19. The summed E-state index contributed by atoms with van der Waals surface area (Å²) in [7, 11) is 1.64. The Morgan fingerprint density at radius 3 is 2.76 bits per heavy atom. The fraction of sp³-hybridized carbons (Fsp3) is 0.250. The fourth-order valence-electron chi connectivity index (χ4n) is 4.68. The second-order valence-corrected chi connectivity index (χ2v) is 9.00. The summed E-state index contributed by atoms with van der Waals surface area (Å²) in [5, 5.41) is 27.3. The van der Waals surface area contributed by atoms with Crippen LogP contribution < -0.4 is 0 Å². The van der Waals surface area contributed by atoms with Gasteiger partial charge >= 0.3 is 12.5 Å². The molecule has 194 valence electrons. The average Bonchev–Trinajstić information content (AvgIpc) is 3.46. The summed E-state index contributed by atoms with van der Waals surface area (Å²) in [6.07, 6.45) is 1.84. The number of amides is 1. The number of aliphatic carboxylic acids is 1. The van der Waals surface area contributed by atoms with Gasteiger partial charge in [-0.1, -0.05) is 11.6 Å². The lowest BCUT2D eigenvalue weighted by Crippen LogP contribution is -2.50. The molecule has 3 aromatic heterocycles. The van der Waals surface area contributed by atoms with Crippen molar-refractivity contribution in [2.75, 3.05) is 6.54 Å². The number of pyridine rings is 1. The molecule has 1 aromatic carbocycles. The van der Waals surface area contributed by atoms with Crippen LogP contribution in [0.5, 0.6) is 0 Å². The number of halogens is 4. The Morgan fingerprint density at radius 1 is 1.34 bits per heavy atom. The van der Waals surface area contributed by atoms with Gasteiger partial charge in [-0.3, -0.25) is 9.48 Å². The third-order valence-corrected chi connectivity index (χ3v) is 6.70. The van der Waals surface area contributed by atoms with Crippen molar-refractivity contribution in [3.8, 4) is 17.3 Å². The number of fused-ring (bicyclic) bond motifs is 2. The van der Waals surface area contributed by atoms with E-state index in [9.17, 15) is 28.7 Å². The topological polar surface area (TPSA) is 130 Å². The van der Waals surface area contributed by atoms with E-state index < -0.39 is 30.3 Å². The SMILES string of the molecule is Cn1nc(Cl)c2nc(-c3ccc(F)c4c3CCN([C@H](Cc3cnn(C(F)F)c3)C(=O)O)C4=O)c(C#N)cc21. The summed E-state index contributed by atoms with van der Waals surface area (Å²) in [4.78, 5) is 31.0. The molecule has 0 saturated heterocycles. The minimum atomic E-state index is -2.91. The van der Waals surface area contributed by atoms with Crippen LogP contribution in [0.15, 0.2) is 30.6 Å². The van der Waals surface area contributed by atoms with Crippen molar-refractivity contribution in [2.45, 2.75) is 25.4 Å². The monoisotopic (exact) mass is 543 g/mol. The van der Waals surface area contributed by atoms with Crippen molar-refractivity contribution in [2.24, 2.45) is 7.05 Å². The van der Waals surface area contributed by atoms with Crippen molar-refractivity contribution in [1.82, 2.24) is 29.4 Å². The van der Waals surface area contributed by atoms with Crippen LogP contribution in [-0.2, 0) is 24.7 Å². The van der Waals surface area contributed by atoms with Gasteiger partial charge in [0.25, 0.3) is 5.91 Å². The molecule has 1 aliphatic rings. The Bertz CT molecular complexity index is 1660. The molecule has 0 bridgehead atoms. The highest BCUT2D eigenvalue weighted by molar-refractivity contribution is 6.33. The minimum absolute atomic E-state index is 0.0552. The molecule has 0 aliphatic carbocycles. The normalized spacial score (nSPS) is 14.1. The molecule has 1 amide bonds. The summed E-state index contributed by atoms with van der Waals surface area (Å²) in [5.74, 6) is -3.13. The maximum Gasteiger partial charge on any atom is 0.333 e. The number of aryl methyl sites for hydroxylation is 1. The highest BCUT2D eigenvalue weighted by atomic mass is 35.5. The van der Waals surface area contributed by atoms with Crippen molar-refractivity contribution >= 4 is 34.5 Å². The van der Waals surface area contributed by atoms with Crippen LogP contribution in [0.3, 0.4) is 0 Å². The lowest BCUT2D eigenvalue weighted by atomic mass is 9.89. The van der Waals surface area contributed by atoms with Gasteiger partial charge in [-0.15, -0.1) is 0 Å². The second kappa shape index (κ2) is 9.46. The van der Waals surface area contributed by atoms with Gasteiger partial charge in [0.2, 0.25) is 0 Å². The number of aromatic nitrogens is 5. The highest BCUT2D eigenvalue weighted by Gasteiger charge is 2.37. The molecular weight excluding hydrogens is 527 g/mol. The number of hydrogen-bond acceptors (Lipinski definition) is 6. The molecule has 10 nitrogen and oxygen atoms in total. The van der Waals surface area contributed by atoms with Gasteiger partial charge in [-0.2, -0.15) is 24.2 Å². The van der Waals surface area contributed by atoms with Crippen LogP contribution in [0.25, 0.3) is 22.3 Å². The number of alkyl halides is 2. The maximum absolute atomic E-state index is 15.1. The van der Waals surface area contributed by atoms with Gasteiger partial charge in [0, 0.05) is 31.8 Å². The largest absolute Gasteiger partial charge is 0.480 e. The maximum atomic E-state index is 15.1. The van der Waals surface area contributed by atoms with E-state index in [-0.39, 0.29) is 52.5 Å². The molecule has 0 unspecified atom stereocenters. The Labute approximate surface area is 217 Å². The van der Waals surface area contributed by atoms with E-state index in [1.807, 2.05) is 0 Å². The molecule has 0 spiro atoms. The van der Waals surface area contributed by atoms with Gasteiger partial charge in [0.05, 0.1) is 28.5 Å². The molecule has 38 heavy (non-hydrogen) atoms. The van der Waals surface area contributed by atoms with E-state index in [0.29, 0.717) is 21.3 Å². The first-order chi connectivity index (χ1) is 18.1. The lowest BCUT2D eigenvalue weighted by Gasteiger charge is -2.34. The van der Waals surface area contributed by atoms with Gasteiger partial charge < -0.3 is 10.0 Å². The lowest BCUT2D eigenvalue weighted by molar-refractivity contribution is -0.142. The van der Waals surface area contributed by atoms with E-state index in [0.717, 1.165) is 23.4 Å². The van der Waals surface area contributed by atoms with Gasteiger partial charge in [-0.05, 0) is 35.7 Å². The zero-order valence-corrected chi connectivity index (χ0v) is 20.3. The molecule has 0 radical (unpaired) electrons. The number of carboxylic acids is 1. The molecule has 1 atom stereocenters. The molecule has 14 heteroatoms. The predicted molar refractivity (Wildman–Crippen MR) is 127 cm³/mol. The summed E-state index contributed by atoms with van der Waals surface area (Å²) in [5.41, 5.74) is 1.60. The Hall–Kier alpha value is -4.44. The number of benzene rings is 1. The molecule has 0 fully saturated rings. The smallest absolute Gasteiger partial charge is 0.333 e. The summed E-state index contributed by atoms with van der Waals surface area (Å²) < 4.78 is 42.7. The highest BCUT2D eigenvalue weighted by Crippen LogP contribution is 2.35. The standard InChI is InChI=1S/C24H17ClF3N7O3/c1-33-16-7-12(8-29)19(31-20(16)21(25)32-33)14-2-3-15(26)18-13(14)4-5-34(22(18)36)17(23(37)38)6-11-9-30-35(10-11)24(27)28/h2-3,7,9-10,17,24H,4-6H2,1H3,(H,37,38)/t17-/m1/s1. The first-order valence-corrected chi connectivity index (χ1v) is 11.6. The Morgan fingerprint density at radius 2 is 2.11 bits per heavy atom. The van der Waals surface area contributed by atoms with E-state index in [1.54, 1.807) is 13.1 Å². The zero-order chi connectivity index (χ0) is 27.3. The van der Waals surface area contributed by atoms with Gasteiger partial charge in [0.15, 0.2) is 5.15 Å². The molecule has 1 aliphatic heterocycles. The molecule has 0 saturated carbocycles. The first kappa shape index (κ1) is 25.2. The van der Waals surface area contributed by atoms with Gasteiger partial charge in [0.1, 0.15) is 23.4 Å². The zero-order valence-electron chi connectivity index (χ0n) is 19.6. The van der Waals surface area contributed by atoms with Crippen LogP contribution in [0.1, 0.15) is 33.6 Å². The van der Waals surface area contributed by atoms with Crippen LogP contribution in [-0.4, -0.2) is 59.0 Å². The minimum Gasteiger partial charge on any atom is -0.480 e. The number of carbonyl (C=O) groups excluding carboxylic acids is 1. The van der Waals surface area contributed by atoms with E-state index in [1.165, 1.54) is 10.7 Å². The Balaban J connectivity index is 1.56. The van der Waals surface area contributed by atoms with Crippen LogP contribution in [0.2, 0.25) is 5.15 Å². The van der Waals surface area contributed by atoms with Crippen LogP contribution >= 0.6 is 11.6 Å². The average molecular weight is 544 g/mol. The quantitative estimate of drug-likeness (QED) is 0.393. The van der Waals surface area contributed by atoms with E-state index in [4.69, 9.17) is 11.6 Å². The molecule has 4 heterocycles. The van der Waals surface area contributed by atoms with Crippen LogP contribution in [0, 0.1) is 17.1 Å². The molecule has 5 rings (SSSR count). The number of rotatable bonds is 6. The predicted octanol–water partition coefficient (Wildman–Crippen LogP) is 3.59. The van der Waals surface area contributed by atoms with Crippen molar-refractivity contribution in [3.05, 3.63) is 63.8 Å². The summed E-state index contributed by atoms with van der Waals surface area (Å²) in [6, 6.07) is 4.61. The Kier molecular flexibility index (Phi) is 6.28. The molecule has 4 aromatic rings. The van der Waals surface area contributed by atoms with Gasteiger partial charge in [-0.25, -0.2) is 18.9 Å². The van der Waals surface area contributed by atoms with Crippen molar-refractivity contribution in [3.63, 3.8) is 0 Å². The molecular formula is C24H17ClF3N7O3. The third kappa shape index (κ3) is 4.12. The number of carboxylic acid groups (broad SMARTS) is 1. The first-order valence-electron chi connectivity index (χ1n) is 11.2. The van der Waals surface area contributed by atoms with Crippen LogP contribution in [0.4, 0.5) is 13.2 Å². The second-order valence-electron chi connectivity index (χ2n) is 8.64. The number of carbonyl (C=O) groups is 2. The number of hydrogen-bond donors (Lipinski definition) is 1.